The lowest BCUT2D eigenvalue weighted by Gasteiger charge is -2.30. The summed E-state index contributed by atoms with van der Waals surface area (Å²) in [6.07, 6.45) is 20.2. The molecule has 0 aliphatic rings. The zero-order valence-electron chi connectivity index (χ0n) is 21.0. The second-order valence-corrected chi connectivity index (χ2v) is 8.90. The molecule has 30 heavy (non-hydrogen) atoms. The average molecular weight is 423 g/mol. The molecule has 0 spiro atoms. The predicted octanol–water partition coefficient (Wildman–Crippen LogP) is 8.87. The number of quaternary nitrogens is 1. The van der Waals surface area contributed by atoms with E-state index in [0.717, 1.165) is 11.0 Å². The summed E-state index contributed by atoms with van der Waals surface area (Å²) < 4.78 is 1.11. The predicted molar refractivity (Wildman–Crippen MR) is 139 cm³/mol. The first kappa shape index (κ1) is 33.5. The normalized spacial score (nSPS) is 10.4. The van der Waals surface area contributed by atoms with Crippen LogP contribution in [0.1, 0.15) is 102 Å². The van der Waals surface area contributed by atoms with Crippen LogP contribution in [-0.4, -0.2) is 25.1 Å². The van der Waals surface area contributed by atoms with Gasteiger partial charge in [-0.05, 0) is 12.8 Å². The van der Waals surface area contributed by atoms with Crippen molar-refractivity contribution in [3.05, 3.63) is 49.1 Å². The number of unbranched alkanes of at least 4 members (excludes halogenated alkanes) is 13. The summed E-state index contributed by atoms with van der Waals surface area (Å²) >= 11 is 0. The van der Waals surface area contributed by atoms with Crippen LogP contribution in [0.2, 0.25) is 0 Å². The summed E-state index contributed by atoms with van der Waals surface area (Å²) in [6.45, 7) is 10.7. The van der Waals surface area contributed by atoms with E-state index >= 15 is 0 Å². The number of benzene rings is 1. The maximum absolute atomic E-state index is 3.00. The molecule has 0 unspecified atom stereocenters. The van der Waals surface area contributed by atoms with Gasteiger partial charge in [0.25, 0.3) is 0 Å². The van der Waals surface area contributed by atoms with Gasteiger partial charge in [0.1, 0.15) is 6.54 Å². The lowest BCUT2D eigenvalue weighted by Crippen LogP contribution is -2.39. The Hall–Kier alpha value is -1.16. The number of hydrogen-bond acceptors (Lipinski definition) is 2. The topological polar surface area (TPSA) is 70.0 Å². The van der Waals surface area contributed by atoms with Crippen LogP contribution >= 0.6 is 0 Å². The Balaban J connectivity index is -0.00000176. The van der Waals surface area contributed by atoms with Gasteiger partial charge in [0.2, 0.25) is 0 Å². The van der Waals surface area contributed by atoms with Crippen LogP contribution in [0.15, 0.2) is 43.5 Å². The molecule has 178 valence electrons. The van der Waals surface area contributed by atoms with Crippen molar-refractivity contribution in [3.63, 3.8) is 0 Å². The van der Waals surface area contributed by atoms with Crippen LogP contribution in [-0.2, 0) is 6.54 Å². The summed E-state index contributed by atoms with van der Waals surface area (Å²) in [6, 6.07) is 10.9. The summed E-state index contributed by atoms with van der Waals surface area (Å²) in [5.74, 6) is 0. The number of nitrogens with zero attached hydrogens (tertiary/aromatic N) is 1. The fraction of sp³-hybridized carbons (Fsp3) is 0.704. The molecule has 0 amide bonds. The molecule has 0 radical (unpaired) electrons. The van der Waals surface area contributed by atoms with Gasteiger partial charge in [0.05, 0.1) is 20.6 Å². The molecule has 0 bridgehead atoms. The van der Waals surface area contributed by atoms with Crippen molar-refractivity contribution in [1.29, 1.82) is 0 Å². The van der Waals surface area contributed by atoms with E-state index in [9.17, 15) is 0 Å². The van der Waals surface area contributed by atoms with Crippen molar-refractivity contribution in [2.75, 3.05) is 20.6 Å². The van der Waals surface area contributed by atoms with E-state index in [4.69, 9.17) is 0 Å². The molecule has 1 rings (SSSR count). The molecule has 0 heterocycles. The van der Waals surface area contributed by atoms with Crippen LogP contribution < -0.4 is 12.3 Å². The molecule has 3 heteroatoms. The second-order valence-electron chi connectivity index (χ2n) is 8.90. The van der Waals surface area contributed by atoms with Gasteiger partial charge in [-0.15, -0.1) is 13.2 Å². The van der Waals surface area contributed by atoms with Crippen LogP contribution in [0, 0.1) is 0 Å². The van der Waals surface area contributed by atoms with Gasteiger partial charge < -0.3 is 16.8 Å². The first-order valence-corrected chi connectivity index (χ1v) is 12.0. The Labute approximate surface area is 190 Å². The molecule has 0 aliphatic carbocycles. The number of rotatable bonds is 17. The van der Waals surface area contributed by atoms with Crippen molar-refractivity contribution >= 4 is 0 Å². The minimum absolute atomic E-state index is 0. The lowest BCUT2D eigenvalue weighted by atomic mass is 10.0. The van der Waals surface area contributed by atoms with Crippen molar-refractivity contribution in [2.45, 2.75) is 103 Å². The highest BCUT2D eigenvalue weighted by Crippen LogP contribution is 2.14. The third-order valence-corrected chi connectivity index (χ3v) is 5.57. The van der Waals surface area contributed by atoms with Crippen LogP contribution in [0.4, 0.5) is 0 Å². The highest BCUT2D eigenvalue weighted by atomic mass is 15.3. The van der Waals surface area contributed by atoms with E-state index in [1.54, 1.807) is 0 Å². The molecule has 0 aromatic heterocycles. The van der Waals surface area contributed by atoms with Gasteiger partial charge >= 0.3 is 0 Å². The van der Waals surface area contributed by atoms with E-state index in [1.165, 1.54) is 102 Å². The standard InChI is InChI=1S/C25H46N.C2H4.2H3N/c1-4-5-6-7-8-9-10-11-12-13-14-15-16-20-23-26(2,3)24-25-21-18-17-19-22-25;1-2;;/h17-19,21-22H,4-16,20,23-24H2,1-3H3;1-2H2;2*1H3/q+1;;;. The Morgan fingerprint density at radius 1 is 0.600 bits per heavy atom. The van der Waals surface area contributed by atoms with Gasteiger partial charge in [0.15, 0.2) is 0 Å². The van der Waals surface area contributed by atoms with Gasteiger partial charge in [0, 0.05) is 5.56 Å². The summed E-state index contributed by atoms with van der Waals surface area (Å²) in [7, 11) is 4.74. The Kier molecular flexibility index (Phi) is 26.9. The molecule has 1 aromatic carbocycles. The quantitative estimate of drug-likeness (QED) is 0.149. The van der Waals surface area contributed by atoms with E-state index in [2.05, 4.69) is 64.5 Å². The molecule has 0 fully saturated rings. The molecule has 0 atom stereocenters. The first-order chi connectivity index (χ1) is 13.6. The summed E-state index contributed by atoms with van der Waals surface area (Å²) in [4.78, 5) is 0. The molecule has 1 aromatic rings. The van der Waals surface area contributed by atoms with E-state index in [-0.39, 0.29) is 12.3 Å². The van der Waals surface area contributed by atoms with Crippen LogP contribution in [0.5, 0.6) is 0 Å². The fourth-order valence-corrected chi connectivity index (χ4v) is 3.89. The lowest BCUT2D eigenvalue weighted by molar-refractivity contribution is -0.903. The maximum atomic E-state index is 3.00. The van der Waals surface area contributed by atoms with Gasteiger partial charge in [-0.3, -0.25) is 0 Å². The average Bonchev–Trinajstić information content (AvgIpc) is 2.70. The van der Waals surface area contributed by atoms with Gasteiger partial charge in [-0.1, -0.05) is 114 Å². The highest BCUT2D eigenvalue weighted by molar-refractivity contribution is 5.13. The third-order valence-electron chi connectivity index (χ3n) is 5.57. The molecule has 6 N–H and O–H groups in total. The van der Waals surface area contributed by atoms with E-state index < -0.39 is 0 Å². The third kappa shape index (κ3) is 21.5. The minimum Gasteiger partial charge on any atom is -0.344 e. The number of hydrogen-bond donors (Lipinski definition) is 2. The van der Waals surface area contributed by atoms with Crippen molar-refractivity contribution in [1.82, 2.24) is 12.3 Å². The minimum atomic E-state index is 0. The summed E-state index contributed by atoms with van der Waals surface area (Å²) in [5, 5.41) is 0. The van der Waals surface area contributed by atoms with E-state index in [1.807, 2.05) is 0 Å². The maximum Gasteiger partial charge on any atom is 0.104 e. The first-order valence-electron chi connectivity index (χ1n) is 12.0. The van der Waals surface area contributed by atoms with Crippen molar-refractivity contribution in [3.8, 4) is 0 Å². The molecule has 3 nitrogen and oxygen atoms in total. The van der Waals surface area contributed by atoms with Crippen molar-refractivity contribution < 1.29 is 4.48 Å². The highest BCUT2D eigenvalue weighted by Gasteiger charge is 2.14. The van der Waals surface area contributed by atoms with Crippen LogP contribution in [0.25, 0.3) is 0 Å². The fourth-order valence-electron chi connectivity index (χ4n) is 3.89. The second kappa shape index (κ2) is 24.1. The monoisotopic (exact) mass is 422 g/mol. The largest absolute Gasteiger partial charge is 0.344 e. The van der Waals surface area contributed by atoms with Crippen LogP contribution in [0.3, 0.4) is 0 Å². The zero-order valence-corrected chi connectivity index (χ0v) is 21.0. The Morgan fingerprint density at radius 2 is 0.967 bits per heavy atom. The molecular formula is C27H56N3+. The van der Waals surface area contributed by atoms with Gasteiger partial charge in [-0.25, -0.2) is 0 Å². The summed E-state index contributed by atoms with van der Waals surface area (Å²) in [5.41, 5.74) is 1.46. The molecule has 0 aliphatic heterocycles. The SMILES string of the molecule is C=C.CCCCCCCCCCCCCCCC[N+](C)(C)Cc1ccccc1.N.N. The Bertz CT molecular complexity index is 431. The van der Waals surface area contributed by atoms with Gasteiger partial charge in [-0.2, -0.15) is 0 Å². The molecular weight excluding hydrogens is 366 g/mol. The van der Waals surface area contributed by atoms with E-state index in [0.29, 0.717) is 0 Å². The molecule has 0 saturated carbocycles. The Morgan fingerprint density at radius 3 is 1.37 bits per heavy atom. The smallest absolute Gasteiger partial charge is 0.104 e. The zero-order chi connectivity index (χ0) is 20.9. The van der Waals surface area contributed by atoms with Crippen molar-refractivity contribution in [2.24, 2.45) is 0 Å². The molecule has 0 saturated heterocycles.